The van der Waals surface area contributed by atoms with Crippen LogP contribution in [0.1, 0.15) is 48.4 Å². The maximum Gasteiger partial charge on any atom is 0.329 e. The summed E-state index contributed by atoms with van der Waals surface area (Å²) < 4.78 is 3.68. The number of aliphatic imine (C=N–C) groups is 1. The normalized spacial score (nSPS) is 15.8. The summed E-state index contributed by atoms with van der Waals surface area (Å²) in [6.07, 6.45) is 4.51. The lowest BCUT2D eigenvalue weighted by Gasteiger charge is -2.12. The van der Waals surface area contributed by atoms with Crippen LogP contribution in [0, 0.1) is 6.92 Å². The minimum atomic E-state index is 0.0443. The van der Waals surface area contributed by atoms with E-state index in [1.807, 2.05) is 61.0 Å². The summed E-state index contributed by atoms with van der Waals surface area (Å²) in [4.78, 5) is 17.1. The van der Waals surface area contributed by atoms with Gasteiger partial charge >= 0.3 is 5.69 Å². The summed E-state index contributed by atoms with van der Waals surface area (Å²) >= 11 is 0. The number of aryl methyl sites for hydroxylation is 2. The Morgan fingerprint density at radius 1 is 1.11 bits per heavy atom. The minimum Gasteiger partial charge on any atom is -0.396 e. The van der Waals surface area contributed by atoms with E-state index in [4.69, 9.17) is 5.73 Å². The summed E-state index contributed by atoms with van der Waals surface area (Å²) in [7, 11) is 1.83. The van der Waals surface area contributed by atoms with Crippen LogP contribution in [0.2, 0.25) is 0 Å². The number of fused-ring (bicyclic) bond motifs is 1. The van der Waals surface area contributed by atoms with Crippen molar-refractivity contribution in [3.63, 3.8) is 0 Å². The van der Waals surface area contributed by atoms with Crippen LogP contribution >= 0.6 is 0 Å². The Bertz CT molecular complexity index is 1140. The number of nitrogens with two attached hydrogens (primary N) is 1. The second-order valence-electron chi connectivity index (χ2n) is 7.64. The highest BCUT2D eigenvalue weighted by molar-refractivity contribution is 5.92. The van der Waals surface area contributed by atoms with E-state index in [-0.39, 0.29) is 5.69 Å². The molecule has 5 nitrogen and oxygen atoms in total. The van der Waals surface area contributed by atoms with Gasteiger partial charge in [0.15, 0.2) is 0 Å². The van der Waals surface area contributed by atoms with Crippen molar-refractivity contribution in [2.45, 2.75) is 38.6 Å². The molecule has 1 heterocycles. The monoisotopic (exact) mass is 374 g/mol. The molecule has 0 spiro atoms. The van der Waals surface area contributed by atoms with Crippen molar-refractivity contribution in [1.82, 2.24) is 9.13 Å². The standard InChI is InChI=1S/C23H26N4O/c1-15-7-6-8-16(13-15)21(24)22(25-2)17-11-12-19-20(14-17)26(3)23(28)27(19)18-9-4-5-10-18/h6-8,11-14,18H,2,4-5,9-10,24H2,1,3H3/b22-21-. The van der Waals surface area contributed by atoms with Crippen molar-refractivity contribution in [2.24, 2.45) is 17.8 Å². The van der Waals surface area contributed by atoms with Gasteiger partial charge in [0.05, 0.1) is 22.4 Å². The molecule has 0 saturated heterocycles. The number of hydrogen-bond donors (Lipinski definition) is 1. The number of imidazole rings is 1. The first kappa shape index (κ1) is 18.3. The van der Waals surface area contributed by atoms with Gasteiger partial charge in [-0.2, -0.15) is 0 Å². The number of rotatable bonds is 4. The Labute approximate surface area is 164 Å². The molecule has 0 radical (unpaired) electrons. The van der Waals surface area contributed by atoms with Crippen molar-refractivity contribution >= 4 is 29.1 Å². The molecule has 4 rings (SSSR count). The Morgan fingerprint density at radius 3 is 2.54 bits per heavy atom. The fraction of sp³-hybridized carbons (Fsp3) is 0.304. The fourth-order valence-corrected chi connectivity index (χ4v) is 4.31. The predicted molar refractivity (Wildman–Crippen MR) is 116 cm³/mol. The topological polar surface area (TPSA) is 65.3 Å². The second-order valence-corrected chi connectivity index (χ2v) is 7.64. The fourth-order valence-electron chi connectivity index (χ4n) is 4.31. The molecule has 0 unspecified atom stereocenters. The van der Waals surface area contributed by atoms with E-state index in [1.54, 1.807) is 4.57 Å². The molecule has 5 heteroatoms. The smallest absolute Gasteiger partial charge is 0.329 e. The molecular formula is C23H26N4O. The largest absolute Gasteiger partial charge is 0.396 e. The van der Waals surface area contributed by atoms with E-state index in [9.17, 15) is 4.79 Å². The second kappa shape index (κ2) is 7.15. The molecule has 1 aliphatic carbocycles. The molecule has 1 aromatic heterocycles. The lowest BCUT2D eigenvalue weighted by molar-refractivity contribution is 0.509. The van der Waals surface area contributed by atoms with E-state index in [0.717, 1.165) is 40.6 Å². The summed E-state index contributed by atoms with van der Waals surface area (Å²) in [6, 6.07) is 14.3. The first-order chi connectivity index (χ1) is 13.5. The quantitative estimate of drug-likeness (QED) is 0.548. The molecule has 0 amide bonds. The van der Waals surface area contributed by atoms with Crippen LogP contribution in [0.25, 0.3) is 22.4 Å². The highest BCUT2D eigenvalue weighted by atomic mass is 16.1. The highest BCUT2D eigenvalue weighted by Crippen LogP contribution is 2.32. The molecule has 2 aromatic carbocycles. The van der Waals surface area contributed by atoms with Gasteiger partial charge in [-0.25, -0.2) is 4.79 Å². The van der Waals surface area contributed by atoms with Gasteiger partial charge in [-0.3, -0.25) is 14.1 Å². The van der Waals surface area contributed by atoms with Crippen LogP contribution in [-0.2, 0) is 7.05 Å². The highest BCUT2D eigenvalue weighted by Gasteiger charge is 2.23. The van der Waals surface area contributed by atoms with Gasteiger partial charge in [-0.1, -0.05) is 42.7 Å². The number of benzene rings is 2. The summed E-state index contributed by atoms with van der Waals surface area (Å²) in [6.45, 7) is 5.77. The predicted octanol–water partition coefficient (Wildman–Crippen LogP) is 4.25. The van der Waals surface area contributed by atoms with Crippen LogP contribution in [0.5, 0.6) is 0 Å². The molecule has 144 valence electrons. The van der Waals surface area contributed by atoms with Crippen molar-refractivity contribution in [2.75, 3.05) is 0 Å². The SMILES string of the molecule is C=N/C(=C(\N)c1cccc(C)c1)c1ccc2c(c1)n(C)c(=O)n2C1CCCC1. The van der Waals surface area contributed by atoms with Crippen molar-refractivity contribution < 1.29 is 0 Å². The third kappa shape index (κ3) is 2.97. The molecule has 1 aliphatic rings. The third-order valence-electron chi connectivity index (χ3n) is 5.79. The average Bonchev–Trinajstić information content (AvgIpc) is 3.30. The Balaban J connectivity index is 1.87. The Morgan fingerprint density at radius 2 is 1.86 bits per heavy atom. The molecule has 1 fully saturated rings. The maximum absolute atomic E-state index is 12.9. The summed E-state index contributed by atoms with van der Waals surface area (Å²) in [5.74, 6) is 0. The summed E-state index contributed by atoms with van der Waals surface area (Å²) in [5, 5.41) is 0. The van der Waals surface area contributed by atoms with Gasteiger partial charge < -0.3 is 5.73 Å². The molecule has 2 N–H and O–H groups in total. The molecule has 0 atom stereocenters. The Hall–Kier alpha value is -3.08. The van der Waals surface area contributed by atoms with E-state index < -0.39 is 0 Å². The first-order valence-corrected chi connectivity index (χ1v) is 9.76. The number of hydrogen-bond acceptors (Lipinski definition) is 3. The van der Waals surface area contributed by atoms with Crippen LogP contribution in [0.3, 0.4) is 0 Å². The van der Waals surface area contributed by atoms with E-state index in [0.29, 0.717) is 17.4 Å². The lowest BCUT2D eigenvalue weighted by atomic mass is 10.0. The zero-order valence-electron chi connectivity index (χ0n) is 16.5. The van der Waals surface area contributed by atoms with Gasteiger partial charge in [0.1, 0.15) is 0 Å². The van der Waals surface area contributed by atoms with Crippen LogP contribution in [-0.4, -0.2) is 15.9 Å². The van der Waals surface area contributed by atoms with Gasteiger partial charge in [-0.15, -0.1) is 0 Å². The van der Waals surface area contributed by atoms with E-state index >= 15 is 0 Å². The van der Waals surface area contributed by atoms with Gasteiger partial charge in [-0.05, 0) is 50.2 Å². The zero-order chi connectivity index (χ0) is 19.8. The zero-order valence-corrected chi connectivity index (χ0v) is 16.5. The molecular weight excluding hydrogens is 348 g/mol. The lowest BCUT2D eigenvalue weighted by Crippen LogP contribution is -2.24. The molecule has 28 heavy (non-hydrogen) atoms. The van der Waals surface area contributed by atoms with Gasteiger partial charge in [0, 0.05) is 18.7 Å². The van der Waals surface area contributed by atoms with Crippen molar-refractivity contribution in [1.29, 1.82) is 0 Å². The van der Waals surface area contributed by atoms with E-state index in [1.165, 1.54) is 12.8 Å². The minimum absolute atomic E-state index is 0.0443. The van der Waals surface area contributed by atoms with Gasteiger partial charge in [0.25, 0.3) is 0 Å². The molecule has 0 bridgehead atoms. The van der Waals surface area contributed by atoms with E-state index in [2.05, 4.69) is 11.7 Å². The van der Waals surface area contributed by atoms with Crippen molar-refractivity contribution in [3.8, 4) is 0 Å². The summed E-state index contributed by atoms with van der Waals surface area (Å²) in [5.41, 5.74) is 12.5. The molecule has 1 saturated carbocycles. The molecule has 0 aliphatic heterocycles. The number of nitrogens with zero attached hydrogens (tertiary/aromatic N) is 3. The van der Waals surface area contributed by atoms with Crippen LogP contribution < -0.4 is 11.4 Å². The van der Waals surface area contributed by atoms with Gasteiger partial charge in [0.2, 0.25) is 0 Å². The maximum atomic E-state index is 12.9. The average molecular weight is 374 g/mol. The Kier molecular flexibility index (Phi) is 4.67. The molecule has 3 aromatic rings. The first-order valence-electron chi connectivity index (χ1n) is 9.76. The van der Waals surface area contributed by atoms with Crippen molar-refractivity contribution in [3.05, 3.63) is 69.6 Å². The van der Waals surface area contributed by atoms with Crippen LogP contribution in [0.4, 0.5) is 0 Å². The van der Waals surface area contributed by atoms with Crippen LogP contribution in [0.15, 0.2) is 52.3 Å². The third-order valence-corrected chi connectivity index (χ3v) is 5.79. The number of aromatic nitrogens is 2.